The summed E-state index contributed by atoms with van der Waals surface area (Å²) in [5.41, 5.74) is 0. The Bertz CT molecular complexity index is 427. The molecule has 1 saturated heterocycles. The first-order valence-corrected chi connectivity index (χ1v) is 8.05. The van der Waals surface area contributed by atoms with Crippen LogP contribution < -0.4 is 0 Å². The van der Waals surface area contributed by atoms with Crippen LogP contribution in [0.15, 0.2) is 12.1 Å². The number of amides is 1. The first-order valence-electron chi connectivity index (χ1n) is 6.85. The maximum absolute atomic E-state index is 12.1. The van der Waals surface area contributed by atoms with Crippen molar-refractivity contribution in [2.75, 3.05) is 26.2 Å². The molecule has 2 rings (SSSR count). The topological polar surface area (TPSA) is 23.6 Å². The second-order valence-corrected chi connectivity index (χ2v) is 6.92. The number of carbonyl (C=O) groups excluding carboxylic acids is 1. The molecule has 0 spiro atoms. The first-order chi connectivity index (χ1) is 9.10. The van der Waals surface area contributed by atoms with Gasteiger partial charge in [0.15, 0.2) is 0 Å². The Morgan fingerprint density at radius 1 is 1.37 bits per heavy atom. The first kappa shape index (κ1) is 14.8. The van der Waals surface area contributed by atoms with Gasteiger partial charge in [-0.15, -0.1) is 11.3 Å². The lowest BCUT2D eigenvalue weighted by molar-refractivity contribution is -0.136. The standard InChI is InChI=1S/C14H21ClN2OS/c1-3-11(2)14(18)17-8-6-16(7-9-17)10-12-4-5-13(15)19-12/h4-5,11H,3,6-10H2,1-2H3. The largest absolute Gasteiger partial charge is 0.340 e. The lowest BCUT2D eigenvalue weighted by atomic mass is 10.1. The van der Waals surface area contributed by atoms with Gasteiger partial charge in [0.25, 0.3) is 0 Å². The van der Waals surface area contributed by atoms with E-state index in [1.54, 1.807) is 11.3 Å². The average molecular weight is 301 g/mol. The molecule has 1 aliphatic rings. The van der Waals surface area contributed by atoms with Crippen LogP contribution in [0, 0.1) is 5.92 Å². The van der Waals surface area contributed by atoms with Crippen molar-refractivity contribution in [3.8, 4) is 0 Å². The fourth-order valence-electron chi connectivity index (χ4n) is 2.27. The van der Waals surface area contributed by atoms with Crippen LogP contribution in [0.2, 0.25) is 4.34 Å². The van der Waals surface area contributed by atoms with E-state index in [0.717, 1.165) is 43.5 Å². The van der Waals surface area contributed by atoms with E-state index in [4.69, 9.17) is 11.6 Å². The number of rotatable bonds is 4. The van der Waals surface area contributed by atoms with E-state index in [1.165, 1.54) is 4.88 Å². The minimum Gasteiger partial charge on any atom is -0.340 e. The Morgan fingerprint density at radius 2 is 2.05 bits per heavy atom. The van der Waals surface area contributed by atoms with E-state index in [1.807, 2.05) is 17.9 Å². The van der Waals surface area contributed by atoms with Crippen molar-refractivity contribution < 1.29 is 4.79 Å². The van der Waals surface area contributed by atoms with E-state index in [0.29, 0.717) is 5.91 Å². The minimum atomic E-state index is 0.155. The van der Waals surface area contributed by atoms with Crippen molar-refractivity contribution in [2.45, 2.75) is 26.8 Å². The van der Waals surface area contributed by atoms with Gasteiger partial charge < -0.3 is 4.90 Å². The Kier molecular flexibility index (Phi) is 5.25. The number of nitrogens with zero attached hydrogens (tertiary/aromatic N) is 2. The normalized spacial score (nSPS) is 18.6. The molecule has 1 aromatic rings. The molecular weight excluding hydrogens is 280 g/mol. The molecular formula is C14H21ClN2OS. The highest BCUT2D eigenvalue weighted by Gasteiger charge is 2.24. The average Bonchev–Trinajstić information content (AvgIpc) is 2.83. The quantitative estimate of drug-likeness (QED) is 0.853. The zero-order valence-corrected chi connectivity index (χ0v) is 13.1. The van der Waals surface area contributed by atoms with E-state index >= 15 is 0 Å². The van der Waals surface area contributed by atoms with Gasteiger partial charge in [-0.05, 0) is 18.6 Å². The fraction of sp³-hybridized carbons (Fsp3) is 0.643. The number of carbonyl (C=O) groups is 1. The molecule has 1 amide bonds. The minimum absolute atomic E-state index is 0.155. The fourth-order valence-corrected chi connectivity index (χ4v) is 3.40. The summed E-state index contributed by atoms with van der Waals surface area (Å²) < 4.78 is 0.848. The monoisotopic (exact) mass is 300 g/mol. The Hall–Kier alpha value is -0.580. The predicted octanol–water partition coefficient (Wildman–Crippen LogP) is 3.09. The summed E-state index contributed by atoms with van der Waals surface area (Å²) in [6.07, 6.45) is 0.923. The molecule has 0 radical (unpaired) electrons. The number of hydrogen-bond acceptors (Lipinski definition) is 3. The molecule has 1 aromatic heterocycles. The van der Waals surface area contributed by atoms with Crippen molar-refractivity contribution in [1.29, 1.82) is 0 Å². The highest BCUT2D eigenvalue weighted by atomic mass is 35.5. The van der Waals surface area contributed by atoms with E-state index < -0.39 is 0 Å². The number of thiophene rings is 1. The molecule has 1 aliphatic heterocycles. The van der Waals surface area contributed by atoms with Gasteiger partial charge in [0.1, 0.15) is 0 Å². The van der Waals surface area contributed by atoms with E-state index in [-0.39, 0.29) is 5.92 Å². The summed E-state index contributed by atoms with van der Waals surface area (Å²) in [5, 5.41) is 0. The molecule has 3 nitrogen and oxygen atoms in total. The molecule has 0 aromatic carbocycles. The molecule has 106 valence electrons. The van der Waals surface area contributed by atoms with Crippen molar-refractivity contribution in [3.63, 3.8) is 0 Å². The van der Waals surface area contributed by atoms with Crippen LogP contribution in [0.4, 0.5) is 0 Å². The SMILES string of the molecule is CCC(C)C(=O)N1CCN(Cc2ccc(Cl)s2)CC1. The van der Waals surface area contributed by atoms with Gasteiger partial charge in [0, 0.05) is 43.5 Å². The highest BCUT2D eigenvalue weighted by molar-refractivity contribution is 7.16. The summed E-state index contributed by atoms with van der Waals surface area (Å²) >= 11 is 7.58. The van der Waals surface area contributed by atoms with Crippen molar-refractivity contribution in [3.05, 3.63) is 21.3 Å². The second kappa shape index (κ2) is 6.73. The molecule has 0 N–H and O–H groups in total. The van der Waals surface area contributed by atoms with Gasteiger partial charge in [-0.25, -0.2) is 0 Å². The molecule has 1 atom stereocenters. The van der Waals surface area contributed by atoms with Gasteiger partial charge in [-0.1, -0.05) is 25.4 Å². The van der Waals surface area contributed by atoms with Crippen LogP contribution in [-0.2, 0) is 11.3 Å². The lowest BCUT2D eigenvalue weighted by Gasteiger charge is -2.35. The number of piperazine rings is 1. The van der Waals surface area contributed by atoms with Crippen LogP contribution in [0.5, 0.6) is 0 Å². The van der Waals surface area contributed by atoms with Gasteiger partial charge in [-0.3, -0.25) is 9.69 Å². The Balaban J connectivity index is 1.81. The summed E-state index contributed by atoms with van der Waals surface area (Å²) in [6.45, 7) is 8.64. The van der Waals surface area contributed by atoms with Crippen molar-refractivity contribution in [2.24, 2.45) is 5.92 Å². The molecule has 5 heteroatoms. The third-order valence-electron chi connectivity index (χ3n) is 3.73. The number of halogens is 1. The zero-order chi connectivity index (χ0) is 13.8. The van der Waals surface area contributed by atoms with Gasteiger partial charge in [0.2, 0.25) is 5.91 Å². The highest BCUT2D eigenvalue weighted by Crippen LogP contribution is 2.23. The molecule has 0 bridgehead atoms. The lowest BCUT2D eigenvalue weighted by Crippen LogP contribution is -2.49. The Labute approximate surface area is 124 Å². The molecule has 19 heavy (non-hydrogen) atoms. The van der Waals surface area contributed by atoms with Gasteiger partial charge in [0.05, 0.1) is 4.34 Å². The van der Waals surface area contributed by atoms with Crippen LogP contribution >= 0.6 is 22.9 Å². The summed E-state index contributed by atoms with van der Waals surface area (Å²) in [7, 11) is 0. The maximum atomic E-state index is 12.1. The van der Waals surface area contributed by atoms with E-state index in [2.05, 4.69) is 17.9 Å². The molecule has 1 unspecified atom stereocenters. The summed E-state index contributed by atoms with van der Waals surface area (Å²) in [6, 6.07) is 4.04. The molecule has 0 saturated carbocycles. The Morgan fingerprint density at radius 3 is 2.58 bits per heavy atom. The van der Waals surface area contributed by atoms with Crippen LogP contribution in [0.25, 0.3) is 0 Å². The van der Waals surface area contributed by atoms with Gasteiger partial charge >= 0.3 is 0 Å². The summed E-state index contributed by atoms with van der Waals surface area (Å²) in [4.78, 5) is 17.8. The second-order valence-electron chi connectivity index (χ2n) is 5.12. The van der Waals surface area contributed by atoms with Gasteiger partial charge in [-0.2, -0.15) is 0 Å². The zero-order valence-electron chi connectivity index (χ0n) is 11.6. The third-order valence-corrected chi connectivity index (χ3v) is 4.94. The molecule has 1 fully saturated rings. The van der Waals surface area contributed by atoms with Crippen LogP contribution in [-0.4, -0.2) is 41.9 Å². The van der Waals surface area contributed by atoms with Crippen molar-refractivity contribution >= 4 is 28.8 Å². The van der Waals surface area contributed by atoms with E-state index in [9.17, 15) is 4.79 Å². The maximum Gasteiger partial charge on any atom is 0.225 e. The third kappa shape index (κ3) is 3.94. The molecule has 0 aliphatic carbocycles. The van der Waals surface area contributed by atoms with Crippen LogP contribution in [0.1, 0.15) is 25.1 Å². The van der Waals surface area contributed by atoms with Crippen LogP contribution in [0.3, 0.4) is 0 Å². The molecule has 2 heterocycles. The predicted molar refractivity (Wildman–Crippen MR) is 80.6 cm³/mol. The number of hydrogen-bond donors (Lipinski definition) is 0. The van der Waals surface area contributed by atoms with Crippen molar-refractivity contribution in [1.82, 2.24) is 9.80 Å². The summed E-state index contributed by atoms with van der Waals surface area (Å²) in [5.74, 6) is 0.462. The smallest absolute Gasteiger partial charge is 0.225 e.